The van der Waals surface area contributed by atoms with Crippen LogP contribution in [0.25, 0.3) is 0 Å². The summed E-state index contributed by atoms with van der Waals surface area (Å²) < 4.78 is 34.0. The van der Waals surface area contributed by atoms with E-state index in [1.807, 2.05) is 0 Å². The molecule has 0 saturated carbocycles. The minimum Gasteiger partial charge on any atom is -0.508 e. The Hall–Kier alpha value is -1.67. The van der Waals surface area contributed by atoms with Gasteiger partial charge in [-0.25, -0.2) is 0 Å². The molecule has 152 valence electrons. The molecule has 0 spiro atoms. The summed E-state index contributed by atoms with van der Waals surface area (Å²) in [6, 6.07) is 11.8. The van der Waals surface area contributed by atoms with Crippen LogP contribution in [0.5, 0.6) is 11.5 Å². The first-order valence-corrected chi connectivity index (χ1v) is 10.8. The molecule has 29 heavy (non-hydrogen) atoms. The summed E-state index contributed by atoms with van der Waals surface area (Å²) in [5.41, 5.74) is -0.464. The summed E-state index contributed by atoms with van der Waals surface area (Å²) in [6.07, 6.45) is 0. The lowest BCUT2D eigenvalue weighted by molar-refractivity contribution is 0.440. The summed E-state index contributed by atoms with van der Waals surface area (Å²) >= 11 is 24.3. The number of hydrogen-bond donors (Lipinski definition) is 3. The molecule has 0 aliphatic heterocycles. The van der Waals surface area contributed by atoms with E-state index in [2.05, 4.69) is 0 Å². The van der Waals surface area contributed by atoms with Crippen LogP contribution in [-0.2, 0) is 14.9 Å². The molecule has 3 aromatic carbocycles. The molecule has 10 heteroatoms. The molecule has 5 nitrogen and oxygen atoms in total. The fraction of sp³-hybridized carbons (Fsp3) is 0.0526. The zero-order valence-electron chi connectivity index (χ0n) is 14.3. The number of hydrogen-bond acceptors (Lipinski definition) is 4. The lowest BCUT2D eigenvalue weighted by Gasteiger charge is -2.34. The Morgan fingerprint density at radius 2 is 1.31 bits per heavy atom. The van der Waals surface area contributed by atoms with Gasteiger partial charge in [-0.15, -0.1) is 0 Å². The fourth-order valence-corrected chi connectivity index (χ4v) is 5.50. The quantitative estimate of drug-likeness (QED) is 0.311. The number of phenolic OH excluding ortho intramolecular Hbond substituents is 2. The van der Waals surface area contributed by atoms with Crippen LogP contribution in [0.4, 0.5) is 0 Å². The van der Waals surface area contributed by atoms with Crippen LogP contribution < -0.4 is 0 Å². The highest BCUT2D eigenvalue weighted by molar-refractivity contribution is 7.87. The molecule has 0 saturated heterocycles. The third kappa shape index (κ3) is 3.65. The number of phenols is 2. The molecular weight excluding hydrogens is 482 g/mol. The van der Waals surface area contributed by atoms with Gasteiger partial charge in [-0.3, -0.25) is 4.55 Å². The average molecular weight is 494 g/mol. The van der Waals surface area contributed by atoms with Gasteiger partial charge < -0.3 is 10.2 Å². The second kappa shape index (κ2) is 7.87. The Morgan fingerprint density at radius 1 is 0.759 bits per heavy atom. The predicted octanol–water partition coefficient (Wildman–Crippen LogP) is 5.89. The van der Waals surface area contributed by atoms with Crippen LogP contribution in [-0.4, -0.2) is 23.2 Å². The van der Waals surface area contributed by atoms with E-state index in [4.69, 9.17) is 46.4 Å². The van der Waals surface area contributed by atoms with E-state index >= 15 is 0 Å². The highest BCUT2D eigenvalue weighted by Gasteiger charge is 2.51. The molecule has 0 heterocycles. The average Bonchev–Trinajstić information content (AvgIpc) is 2.62. The smallest absolute Gasteiger partial charge is 0.283 e. The summed E-state index contributed by atoms with van der Waals surface area (Å²) in [5.74, 6) is -0.966. The van der Waals surface area contributed by atoms with Gasteiger partial charge in [-0.05, 0) is 47.5 Å². The molecule has 1 unspecified atom stereocenters. The van der Waals surface area contributed by atoms with E-state index in [1.54, 1.807) is 0 Å². The van der Waals surface area contributed by atoms with E-state index in [-0.39, 0.29) is 31.8 Å². The number of rotatable bonds is 4. The van der Waals surface area contributed by atoms with Crippen LogP contribution in [0.1, 0.15) is 16.7 Å². The molecule has 3 aromatic rings. The maximum absolute atomic E-state index is 13.0. The van der Waals surface area contributed by atoms with Crippen molar-refractivity contribution in [1.82, 2.24) is 0 Å². The first-order valence-electron chi connectivity index (χ1n) is 7.89. The Morgan fingerprint density at radius 3 is 1.79 bits per heavy atom. The molecule has 0 radical (unpaired) electrons. The number of benzene rings is 3. The van der Waals surface area contributed by atoms with Gasteiger partial charge in [0.2, 0.25) is 0 Å². The second-order valence-electron chi connectivity index (χ2n) is 6.09. The van der Waals surface area contributed by atoms with Crippen LogP contribution >= 0.6 is 46.4 Å². The van der Waals surface area contributed by atoms with Crippen LogP contribution in [0.2, 0.25) is 20.1 Å². The van der Waals surface area contributed by atoms with Crippen molar-refractivity contribution < 1.29 is 23.2 Å². The second-order valence-corrected chi connectivity index (χ2v) is 9.31. The van der Waals surface area contributed by atoms with Crippen LogP contribution in [0.15, 0.2) is 54.6 Å². The lowest BCUT2D eigenvalue weighted by Crippen LogP contribution is -2.38. The summed E-state index contributed by atoms with van der Waals surface area (Å²) in [7, 11) is -5.08. The first-order chi connectivity index (χ1) is 13.5. The SMILES string of the molecule is O=S(=O)(O)C(c1ccc(Cl)cc1)(c1cc(Cl)c(O)c(Cl)c1)c1c(O)cccc1Cl. The highest BCUT2D eigenvalue weighted by atomic mass is 35.5. The van der Waals surface area contributed by atoms with E-state index in [1.165, 1.54) is 42.5 Å². The molecule has 3 rings (SSSR count). The van der Waals surface area contributed by atoms with E-state index < -0.39 is 26.4 Å². The predicted molar refractivity (Wildman–Crippen MR) is 114 cm³/mol. The van der Waals surface area contributed by atoms with Gasteiger partial charge >= 0.3 is 0 Å². The monoisotopic (exact) mass is 492 g/mol. The Kier molecular flexibility index (Phi) is 5.98. The Labute approximate surface area is 186 Å². The summed E-state index contributed by atoms with van der Waals surface area (Å²) in [4.78, 5) is 0. The van der Waals surface area contributed by atoms with Gasteiger partial charge in [-0.1, -0.05) is 64.6 Å². The normalized spacial score (nSPS) is 13.8. The minimum atomic E-state index is -5.08. The van der Waals surface area contributed by atoms with Gasteiger partial charge in [-0.2, -0.15) is 8.42 Å². The van der Waals surface area contributed by atoms with E-state index in [9.17, 15) is 23.2 Å². The third-order valence-electron chi connectivity index (χ3n) is 4.40. The van der Waals surface area contributed by atoms with Crippen molar-refractivity contribution in [1.29, 1.82) is 0 Å². The first kappa shape index (κ1) is 22.0. The third-order valence-corrected chi connectivity index (χ3v) is 7.00. The van der Waals surface area contributed by atoms with Gasteiger partial charge in [0.25, 0.3) is 10.1 Å². The van der Waals surface area contributed by atoms with Crippen molar-refractivity contribution in [2.75, 3.05) is 0 Å². The zero-order valence-corrected chi connectivity index (χ0v) is 18.1. The van der Waals surface area contributed by atoms with Crippen molar-refractivity contribution in [3.63, 3.8) is 0 Å². The van der Waals surface area contributed by atoms with Crippen LogP contribution in [0, 0.1) is 0 Å². The minimum absolute atomic E-state index is 0.00521. The maximum atomic E-state index is 13.0. The molecule has 0 aromatic heterocycles. The van der Waals surface area contributed by atoms with Gasteiger partial charge in [0.15, 0.2) is 10.5 Å². The fourth-order valence-electron chi connectivity index (χ4n) is 3.20. The Balaban J connectivity index is 2.61. The van der Waals surface area contributed by atoms with E-state index in [0.29, 0.717) is 5.02 Å². The molecular formula is C19H12Cl4O5S. The van der Waals surface area contributed by atoms with Crippen molar-refractivity contribution in [3.05, 3.63) is 91.4 Å². The lowest BCUT2D eigenvalue weighted by atomic mass is 9.83. The molecule has 1 atom stereocenters. The standard InChI is InChI=1S/C19H12Cl4O5S/c20-12-6-4-10(5-7-12)19(29(26,27)28,17-13(21)2-1-3-16(17)24)11-8-14(22)18(25)15(23)9-11/h1-9,24-25H,(H,26,27,28). The molecule has 0 aliphatic rings. The highest BCUT2D eigenvalue weighted by Crippen LogP contribution is 2.51. The zero-order chi connectivity index (χ0) is 21.6. The number of aromatic hydroxyl groups is 2. The van der Waals surface area contributed by atoms with Gasteiger partial charge in [0.05, 0.1) is 10.0 Å². The topological polar surface area (TPSA) is 94.8 Å². The summed E-state index contributed by atoms with van der Waals surface area (Å²) in [6.45, 7) is 0. The van der Waals surface area contributed by atoms with Crippen molar-refractivity contribution in [3.8, 4) is 11.5 Å². The number of halogens is 4. The summed E-state index contributed by atoms with van der Waals surface area (Å²) in [5, 5.41) is 20.1. The van der Waals surface area contributed by atoms with Gasteiger partial charge in [0, 0.05) is 15.6 Å². The largest absolute Gasteiger partial charge is 0.508 e. The maximum Gasteiger partial charge on any atom is 0.283 e. The van der Waals surface area contributed by atoms with Crippen LogP contribution in [0.3, 0.4) is 0 Å². The van der Waals surface area contributed by atoms with Crippen molar-refractivity contribution >= 4 is 56.5 Å². The molecule has 0 fully saturated rings. The van der Waals surface area contributed by atoms with Gasteiger partial charge in [0.1, 0.15) is 5.75 Å². The Bertz CT molecular complexity index is 1150. The van der Waals surface area contributed by atoms with E-state index in [0.717, 1.165) is 12.1 Å². The van der Waals surface area contributed by atoms with Crippen molar-refractivity contribution in [2.24, 2.45) is 0 Å². The van der Waals surface area contributed by atoms with Crippen molar-refractivity contribution in [2.45, 2.75) is 4.75 Å². The molecule has 0 bridgehead atoms. The molecule has 0 amide bonds. The molecule has 3 N–H and O–H groups in total. The molecule has 0 aliphatic carbocycles.